The molecule has 0 atom stereocenters. The normalized spacial score (nSPS) is 12.5. The number of carbonyl (C=O) groups is 1. The molecule has 0 saturated carbocycles. The molecule has 1 aromatic carbocycles. The van der Waals surface area contributed by atoms with Gasteiger partial charge in [0.1, 0.15) is 12.4 Å². The summed E-state index contributed by atoms with van der Waals surface area (Å²) in [5.41, 5.74) is 2.35. The van der Waals surface area contributed by atoms with Crippen molar-refractivity contribution in [2.75, 3.05) is 6.79 Å². The summed E-state index contributed by atoms with van der Waals surface area (Å²) in [5.74, 6) is 1.64. The highest BCUT2D eigenvalue weighted by molar-refractivity contribution is 5.81. The summed E-state index contributed by atoms with van der Waals surface area (Å²) in [6, 6.07) is 5.29. The second-order valence-corrected chi connectivity index (χ2v) is 4.74. The molecule has 0 fully saturated rings. The van der Waals surface area contributed by atoms with Crippen molar-refractivity contribution in [1.29, 1.82) is 0 Å². The molecule has 0 unspecified atom stereocenters. The number of fused-ring (bicyclic) bond motifs is 1. The minimum absolute atomic E-state index is 0.166. The zero-order chi connectivity index (χ0) is 14.8. The highest BCUT2D eigenvalue weighted by Crippen LogP contribution is 2.37. The van der Waals surface area contributed by atoms with Crippen LogP contribution in [0, 0.1) is 6.92 Å². The molecular weight excluding hydrogens is 272 g/mol. The van der Waals surface area contributed by atoms with Gasteiger partial charge in [0.2, 0.25) is 6.79 Å². The van der Waals surface area contributed by atoms with E-state index in [0.717, 1.165) is 24.2 Å². The quantitative estimate of drug-likeness (QED) is 0.790. The number of ether oxygens (including phenoxy) is 3. The smallest absolute Gasteiger partial charge is 0.231 e. The third kappa shape index (κ3) is 2.56. The van der Waals surface area contributed by atoms with Gasteiger partial charge in [0.05, 0.1) is 17.0 Å². The minimum Gasteiger partial charge on any atom is -0.486 e. The van der Waals surface area contributed by atoms with Crippen LogP contribution in [0.3, 0.4) is 0 Å². The maximum absolute atomic E-state index is 11.2. The Morgan fingerprint density at radius 3 is 2.81 bits per heavy atom. The Bertz CT molecular complexity index is 679. The molecule has 21 heavy (non-hydrogen) atoms. The SMILES string of the molecule is CCn1nc(C)cc1COc1cc2c(cc1C=O)OCO2. The molecule has 0 bridgehead atoms. The van der Waals surface area contributed by atoms with E-state index in [4.69, 9.17) is 14.2 Å². The number of rotatable bonds is 5. The van der Waals surface area contributed by atoms with E-state index in [-0.39, 0.29) is 6.79 Å². The van der Waals surface area contributed by atoms with Crippen LogP contribution in [0.15, 0.2) is 18.2 Å². The van der Waals surface area contributed by atoms with Gasteiger partial charge in [0.25, 0.3) is 0 Å². The van der Waals surface area contributed by atoms with Crippen LogP contribution < -0.4 is 14.2 Å². The first-order chi connectivity index (χ1) is 10.2. The zero-order valence-electron chi connectivity index (χ0n) is 12.0. The van der Waals surface area contributed by atoms with Crippen molar-refractivity contribution in [1.82, 2.24) is 9.78 Å². The van der Waals surface area contributed by atoms with Crippen LogP contribution in [-0.4, -0.2) is 22.9 Å². The van der Waals surface area contributed by atoms with E-state index in [1.165, 1.54) is 0 Å². The largest absolute Gasteiger partial charge is 0.486 e. The van der Waals surface area contributed by atoms with Crippen LogP contribution in [0.5, 0.6) is 17.2 Å². The minimum atomic E-state index is 0.166. The molecule has 1 aromatic heterocycles. The maximum Gasteiger partial charge on any atom is 0.231 e. The van der Waals surface area contributed by atoms with Gasteiger partial charge in [-0.15, -0.1) is 0 Å². The van der Waals surface area contributed by atoms with E-state index in [0.29, 0.717) is 29.4 Å². The highest BCUT2D eigenvalue weighted by atomic mass is 16.7. The van der Waals surface area contributed by atoms with Crippen molar-refractivity contribution in [2.24, 2.45) is 0 Å². The summed E-state index contributed by atoms with van der Waals surface area (Å²) in [6.45, 7) is 5.24. The molecule has 6 heteroatoms. The van der Waals surface area contributed by atoms with Gasteiger partial charge in [-0.25, -0.2) is 0 Å². The number of aromatic nitrogens is 2. The molecule has 0 amide bonds. The van der Waals surface area contributed by atoms with Crippen LogP contribution >= 0.6 is 0 Å². The molecule has 0 saturated heterocycles. The lowest BCUT2D eigenvalue weighted by molar-refractivity contribution is 0.111. The Kier molecular flexibility index (Phi) is 3.51. The summed E-state index contributed by atoms with van der Waals surface area (Å²) in [7, 11) is 0. The second-order valence-electron chi connectivity index (χ2n) is 4.74. The molecule has 3 rings (SSSR count). The molecule has 0 N–H and O–H groups in total. The van der Waals surface area contributed by atoms with Crippen LogP contribution in [0.4, 0.5) is 0 Å². The van der Waals surface area contributed by atoms with Gasteiger partial charge in [0, 0.05) is 12.6 Å². The van der Waals surface area contributed by atoms with Crippen LogP contribution in [0.1, 0.15) is 28.7 Å². The Morgan fingerprint density at radius 1 is 1.33 bits per heavy atom. The Balaban J connectivity index is 1.83. The number of hydrogen-bond donors (Lipinski definition) is 0. The van der Waals surface area contributed by atoms with Crippen molar-refractivity contribution >= 4 is 6.29 Å². The number of hydrogen-bond acceptors (Lipinski definition) is 5. The third-order valence-electron chi connectivity index (χ3n) is 3.29. The summed E-state index contributed by atoms with van der Waals surface area (Å²) >= 11 is 0. The first kappa shape index (κ1) is 13.5. The van der Waals surface area contributed by atoms with E-state index < -0.39 is 0 Å². The second kappa shape index (κ2) is 5.47. The number of aryl methyl sites for hydroxylation is 2. The molecule has 1 aliphatic heterocycles. The van der Waals surface area contributed by atoms with Gasteiger partial charge in [-0.3, -0.25) is 9.48 Å². The fourth-order valence-electron chi connectivity index (χ4n) is 2.30. The molecule has 0 radical (unpaired) electrons. The third-order valence-corrected chi connectivity index (χ3v) is 3.29. The molecule has 1 aliphatic rings. The molecule has 2 aromatic rings. The molecular formula is C15H16N2O4. The summed E-state index contributed by atoms with van der Waals surface area (Å²) in [5, 5.41) is 4.36. The molecule has 0 aliphatic carbocycles. The molecule has 6 nitrogen and oxygen atoms in total. The van der Waals surface area contributed by atoms with Crippen molar-refractivity contribution in [3.63, 3.8) is 0 Å². The van der Waals surface area contributed by atoms with Crippen LogP contribution in [0.2, 0.25) is 0 Å². The van der Waals surface area contributed by atoms with Crippen LogP contribution in [-0.2, 0) is 13.2 Å². The Labute approximate surface area is 122 Å². The van der Waals surface area contributed by atoms with E-state index in [9.17, 15) is 4.79 Å². The van der Waals surface area contributed by atoms with Gasteiger partial charge in [0.15, 0.2) is 17.8 Å². The van der Waals surface area contributed by atoms with Crippen molar-refractivity contribution in [3.05, 3.63) is 35.2 Å². The average molecular weight is 288 g/mol. The first-order valence-corrected chi connectivity index (χ1v) is 6.76. The summed E-state index contributed by atoms with van der Waals surface area (Å²) < 4.78 is 18.2. The van der Waals surface area contributed by atoms with Crippen molar-refractivity contribution in [3.8, 4) is 17.2 Å². The standard InChI is InChI=1S/C15H16N2O4/c1-3-17-12(4-10(2)16-17)8-19-13-6-15-14(20-9-21-15)5-11(13)7-18/h4-7H,3,8-9H2,1-2H3. The lowest BCUT2D eigenvalue weighted by Gasteiger charge is -2.10. The van der Waals surface area contributed by atoms with E-state index >= 15 is 0 Å². The number of carbonyl (C=O) groups excluding carboxylic acids is 1. The fourth-order valence-corrected chi connectivity index (χ4v) is 2.30. The molecule has 0 spiro atoms. The fraction of sp³-hybridized carbons (Fsp3) is 0.333. The van der Waals surface area contributed by atoms with Crippen molar-refractivity contribution in [2.45, 2.75) is 27.0 Å². The maximum atomic E-state index is 11.2. The lowest BCUT2D eigenvalue weighted by Crippen LogP contribution is -2.06. The summed E-state index contributed by atoms with van der Waals surface area (Å²) in [4.78, 5) is 11.2. The van der Waals surface area contributed by atoms with Gasteiger partial charge < -0.3 is 14.2 Å². The van der Waals surface area contributed by atoms with Gasteiger partial charge in [-0.1, -0.05) is 0 Å². The molecule has 110 valence electrons. The zero-order valence-corrected chi connectivity index (χ0v) is 12.0. The van der Waals surface area contributed by atoms with Crippen molar-refractivity contribution < 1.29 is 19.0 Å². The van der Waals surface area contributed by atoms with E-state index in [1.807, 2.05) is 24.6 Å². The number of benzene rings is 1. The Morgan fingerprint density at radius 2 is 2.10 bits per heavy atom. The number of aldehydes is 1. The van der Waals surface area contributed by atoms with Gasteiger partial charge in [-0.2, -0.15) is 5.10 Å². The van der Waals surface area contributed by atoms with Gasteiger partial charge >= 0.3 is 0 Å². The first-order valence-electron chi connectivity index (χ1n) is 6.76. The monoisotopic (exact) mass is 288 g/mol. The average Bonchev–Trinajstić information content (AvgIpc) is 3.09. The van der Waals surface area contributed by atoms with E-state index in [2.05, 4.69) is 5.10 Å². The predicted octanol–water partition coefficient (Wildman–Crippen LogP) is 2.33. The van der Waals surface area contributed by atoms with Gasteiger partial charge in [-0.05, 0) is 26.0 Å². The Hall–Kier alpha value is -2.50. The lowest BCUT2D eigenvalue weighted by atomic mass is 10.2. The van der Waals surface area contributed by atoms with Crippen LogP contribution in [0.25, 0.3) is 0 Å². The van der Waals surface area contributed by atoms with E-state index in [1.54, 1.807) is 12.1 Å². The molecule has 2 heterocycles. The predicted molar refractivity (Wildman–Crippen MR) is 74.9 cm³/mol. The highest BCUT2D eigenvalue weighted by Gasteiger charge is 2.18. The topological polar surface area (TPSA) is 62.6 Å². The number of nitrogens with zero attached hydrogens (tertiary/aromatic N) is 2. The summed E-state index contributed by atoms with van der Waals surface area (Å²) in [6.07, 6.45) is 0.750.